The maximum Gasteiger partial charge on any atom is 0.283 e. The largest absolute Gasteiger partial charge is 0.497 e. The predicted octanol–water partition coefficient (Wildman–Crippen LogP) is 5.48. The first-order valence-corrected chi connectivity index (χ1v) is 12.9. The molecule has 1 N–H and O–H groups in total. The van der Waals surface area contributed by atoms with Gasteiger partial charge in [-0.3, -0.25) is 10.2 Å². The van der Waals surface area contributed by atoms with E-state index < -0.39 is 5.91 Å². The molecular formula is C26H27ClN4O5S. The molecule has 2 aromatic rings. The molecule has 4 rings (SSSR count). The Labute approximate surface area is 224 Å². The van der Waals surface area contributed by atoms with Gasteiger partial charge in [0.1, 0.15) is 29.8 Å². The molecule has 2 aliphatic heterocycles. The molecule has 0 saturated heterocycles. The fraction of sp³-hybridized carbons (Fsp3) is 0.308. The first-order valence-electron chi connectivity index (χ1n) is 11.7. The lowest BCUT2D eigenvalue weighted by molar-refractivity contribution is -0.114. The van der Waals surface area contributed by atoms with Gasteiger partial charge in [0.05, 0.1) is 24.3 Å². The van der Waals surface area contributed by atoms with Gasteiger partial charge in [0.25, 0.3) is 5.91 Å². The van der Waals surface area contributed by atoms with Crippen LogP contribution in [0.5, 0.6) is 23.0 Å². The molecule has 2 heterocycles. The van der Waals surface area contributed by atoms with E-state index in [4.69, 9.17) is 36.0 Å². The van der Waals surface area contributed by atoms with Crippen LogP contribution in [0.25, 0.3) is 6.08 Å². The zero-order valence-electron chi connectivity index (χ0n) is 20.9. The first-order chi connectivity index (χ1) is 17.8. The van der Waals surface area contributed by atoms with E-state index in [2.05, 4.69) is 10.1 Å². The van der Waals surface area contributed by atoms with E-state index in [-0.39, 0.29) is 23.9 Å². The maximum atomic E-state index is 12.7. The minimum atomic E-state index is -0.506. The van der Waals surface area contributed by atoms with Crippen molar-refractivity contribution in [3.63, 3.8) is 0 Å². The molecule has 11 heteroatoms. The lowest BCUT2D eigenvalue weighted by Crippen LogP contribution is -2.35. The summed E-state index contributed by atoms with van der Waals surface area (Å²) in [7, 11) is 1.61. The molecule has 0 aromatic heterocycles. The van der Waals surface area contributed by atoms with E-state index in [0.717, 1.165) is 10.8 Å². The zero-order chi connectivity index (χ0) is 26.5. The molecule has 0 saturated carbocycles. The second-order valence-corrected chi connectivity index (χ2v) is 9.64. The van der Waals surface area contributed by atoms with Crippen molar-refractivity contribution in [1.29, 1.82) is 5.41 Å². The number of amides is 1. The highest BCUT2D eigenvalue weighted by Gasteiger charge is 2.36. The molecule has 0 spiro atoms. The quantitative estimate of drug-likeness (QED) is 0.313. The normalized spacial score (nSPS) is 16.1. The Morgan fingerprint density at radius 1 is 1.11 bits per heavy atom. The minimum Gasteiger partial charge on any atom is -0.497 e. The van der Waals surface area contributed by atoms with Crippen LogP contribution in [0, 0.1) is 11.3 Å². The number of hydrogen-bond donors (Lipinski definition) is 1. The lowest BCUT2D eigenvalue weighted by atomic mass is 10.1. The molecule has 2 aromatic carbocycles. The number of nitrogens with zero attached hydrogens (tertiary/aromatic N) is 3. The molecule has 0 fully saturated rings. The summed E-state index contributed by atoms with van der Waals surface area (Å²) in [5, 5.41) is 15.9. The molecule has 0 bridgehead atoms. The van der Waals surface area contributed by atoms with Crippen LogP contribution in [0.15, 0.2) is 52.1 Å². The third-order valence-electron chi connectivity index (χ3n) is 5.26. The summed E-state index contributed by atoms with van der Waals surface area (Å²) in [5.41, 5.74) is 0.681. The number of methoxy groups -OCH3 is 1. The van der Waals surface area contributed by atoms with Crippen molar-refractivity contribution >= 4 is 51.4 Å². The zero-order valence-corrected chi connectivity index (χ0v) is 22.5. The van der Waals surface area contributed by atoms with Crippen LogP contribution < -0.4 is 18.9 Å². The van der Waals surface area contributed by atoms with E-state index in [1.807, 2.05) is 45.0 Å². The van der Waals surface area contributed by atoms with Crippen LogP contribution in [0.2, 0.25) is 5.02 Å². The highest BCUT2D eigenvalue weighted by molar-refractivity contribution is 8.27. The number of carbonyl (C=O) groups excluding carboxylic acids is 1. The number of ether oxygens (including phenoxy) is 4. The summed E-state index contributed by atoms with van der Waals surface area (Å²) in [4.78, 5) is 16.8. The Kier molecular flexibility index (Phi) is 8.40. The summed E-state index contributed by atoms with van der Waals surface area (Å²) in [6, 6.07) is 10.6. The molecule has 0 unspecified atom stereocenters. The summed E-state index contributed by atoms with van der Waals surface area (Å²) in [5.74, 6) is 1.84. The summed E-state index contributed by atoms with van der Waals surface area (Å²) in [6.07, 6.45) is 1.56. The summed E-state index contributed by atoms with van der Waals surface area (Å²) >= 11 is 7.85. The first kappa shape index (κ1) is 26.6. The van der Waals surface area contributed by atoms with E-state index in [1.54, 1.807) is 25.3 Å². The monoisotopic (exact) mass is 542 g/mol. The van der Waals surface area contributed by atoms with Crippen molar-refractivity contribution in [2.45, 2.75) is 20.8 Å². The van der Waals surface area contributed by atoms with E-state index in [0.29, 0.717) is 46.2 Å². The topological polar surface area (TPSA) is 106 Å². The molecule has 0 aliphatic carbocycles. The number of aliphatic imine (C=N–C) groups is 1. The van der Waals surface area contributed by atoms with Gasteiger partial charge >= 0.3 is 0 Å². The Balaban J connectivity index is 1.49. The van der Waals surface area contributed by atoms with Crippen LogP contribution >= 0.6 is 23.4 Å². The van der Waals surface area contributed by atoms with Crippen molar-refractivity contribution in [1.82, 2.24) is 5.01 Å². The fourth-order valence-corrected chi connectivity index (χ4v) is 4.62. The number of carbonyl (C=O) groups is 1. The van der Waals surface area contributed by atoms with Crippen LogP contribution in [0.4, 0.5) is 0 Å². The fourth-order valence-electron chi connectivity index (χ4n) is 3.46. The molecule has 2 aliphatic rings. The standard InChI is InChI=1S/C26H27ClN4O5S/c1-5-34-21-14-16(12-19-23(28)31-26(29-24(19)32)37-25(30-31)15(2)3)13-20(27)22(21)36-11-10-35-18-8-6-17(33-4)7-9-18/h6-9,12-15,28H,5,10-11H2,1-4H3/b19-12-,28-23?. The van der Waals surface area contributed by atoms with Gasteiger partial charge in [0, 0.05) is 5.92 Å². The molecular weight excluding hydrogens is 516 g/mol. The van der Waals surface area contributed by atoms with Crippen molar-refractivity contribution in [3.05, 3.63) is 52.6 Å². The summed E-state index contributed by atoms with van der Waals surface area (Å²) in [6.45, 7) is 6.75. The van der Waals surface area contributed by atoms with Crippen molar-refractivity contribution in [3.8, 4) is 23.0 Å². The van der Waals surface area contributed by atoms with Crippen molar-refractivity contribution in [2.24, 2.45) is 16.0 Å². The van der Waals surface area contributed by atoms with Gasteiger partial charge in [-0.2, -0.15) is 15.1 Å². The highest BCUT2D eigenvalue weighted by atomic mass is 35.5. The maximum absolute atomic E-state index is 12.7. The second-order valence-electron chi connectivity index (χ2n) is 8.25. The van der Waals surface area contributed by atoms with Crippen molar-refractivity contribution in [2.75, 3.05) is 26.9 Å². The van der Waals surface area contributed by atoms with Gasteiger partial charge in [0.15, 0.2) is 17.3 Å². The van der Waals surface area contributed by atoms with Crippen LogP contribution in [0.3, 0.4) is 0 Å². The molecule has 0 atom stereocenters. The van der Waals surface area contributed by atoms with Crippen LogP contribution in [0.1, 0.15) is 26.3 Å². The lowest BCUT2D eigenvalue weighted by Gasteiger charge is -2.20. The van der Waals surface area contributed by atoms with Crippen molar-refractivity contribution < 1.29 is 23.7 Å². The Bertz CT molecular complexity index is 1290. The number of hydrogen-bond acceptors (Lipinski definition) is 8. The van der Waals surface area contributed by atoms with E-state index in [1.165, 1.54) is 16.8 Å². The Morgan fingerprint density at radius 2 is 1.81 bits per heavy atom. The number of nitrogens with one attached hydrogen (secondary N) is 1. The third kappa shape index (κ3) is 6.08. The SMILES string of the molecule is CCOc1cc(/C=C2/C(=N)N3N=C(C(C)C)SC3=NC2=O)cc(Cl)c1OCCOc1ccc(OC)cc1. The number of fused-ring (bicyclic) bond motifs is 1. The van der Waals surface area contributed by atoms with E-state index >= 15 is 0 Å². The number of halogens is 1. The minimum absolute atomic E-state index is 0.0387. The molecule has 0 radical (unpaired) electrons. The van der Waals surface area contributed by atoms with E-state index in [9.17, 15) is 4.79 Å². The van der Waals surface area contributed by atoms with Gasteiger partial charge in [-0.05, 0) is 66.7 Å². The molecule has 37 heavy (non-hydrogen) atoms. The predicted molar refractivity (Wildman–Crippen MR) is 146 cm³/mol. The Hall–Kier alpha value is -3.50. The highest BCUT2D eigenvalue weighted by Crippen LogP contribution is 2.38. The van der Waals surface area contributed by atoms with Gasteiger partial charge in [-0.1, -0.05) is 25.4 Å². The number of benzene rings is 2. The van der Waals surface area contributed by atoms with Gasteiger partial charge < -0.3 is 18.9 Å². The van der Waals surface area contributed by atoms with Gasteiger partial charge in [-0.25, -0.2) is 0 Å². The van der Waals surface area contributed by atoms with Gasteiger partial charge in [-0.15, -0.1) is 0 Å². The molecule has 194 valence electrons. The number of rotatable bonds is 10. The third-order valence-corrected chi connectivity index (χ3v) is 6.75. The Morgan fingerprint density at radius 3 is 2.49 bits per heavy atom. The molecule has 9 nitrogen and oxygen atoms in total. The van der Waals surface area contributed by atoms with Crippen LogP contribution in [-0.4, -0.2) is 53.9 Å². The average molecular weight is 543 g/mol. The molecule has 1 amide bonds. The average Bonchev–Trinajstić information content (AvgIpc) is 3.31. The smallest absolute Gasteiger partial charge is 0.283 e. The second kappa shape index (κ2) is 11.7. The number of thioether (sulfide) groups is 1. The number of hydrazone groups is 1. The van der Waals surface area contributed by atoms with Gasteiger partial charge in [0.2, 0.25) is 5.17 Å². The van der Waals surface area contributed by atoms with Crippen LogP contribution in [-0.2, 0) is 4.79 Å². The number of amidine groups is 2. The summed E-state index contributed by atoms with van der Waals surface area (Å²) < 4.78 is 22.5.